The first-order valence-electron chi connectivity index (χ1n) is 10.5. The van der Waals surface area contributed by atoms with Crippen LogP contribution in [0.5, 0.6) is 0 Å². The van der Waals surface area contributed by atoms with Crippen molar-refractivity contribution in [3.05, 3.63) is 71.9 Å². The molecular weight excluding hydrogens is 356 g/mol. The highest BCUT2D eigenvalue weighted by atomic mass is 15.3. The van der Waals surface area contributed by atoms with Gasteiger partial charge in [-0.05, 0) is 67.5 Å². The van der Waals surface area contributed by atoms with E-state index in [0.717, 1.165) is 35.8 Å². The predicted molar refractivity (Wildman–Crippen MR) is 119 cm³/mol. The third kappa shape index (κ3) is 3.51. The Balaban J connectivity index is 1.43. The molecule has 3 heterocycles. The van der Waals surface area contributed by atoms with Gasteiger partial charge in [0.25, 0.3) is 0 Å². The average molecular weight is 383 g/mol. The summed E-state index contributed by atoms with van der Waals surface area (Å²) in [6, 6.07) is 19.5. The van der Waals surface area contributed by atoms with Crippen LogP contribution in [0.1, 0.15) is 30.4 Å². The van der Waals surface area contributed by atoms with Crippen LogP contribution in [0.15, 0.2) is 60.8 Å². The Morgan fingerprint density at radius 1 is 0.724 bits per heavy atom. The Bertz CT molecular complexity index is 1150. The largest absolute Gasteiger partial charge is 0.355 e. The molecule has 0 atom stereocenters. The van der Waals surface area contributed by atoms with E-state index >= 15 is 0 Å². The van der Waals surface area contributed by atoms with Crippen LogP contribution in [0.4, 0.5) is 5.82 Å². The monoisotopic (exact) mass is 382 g/mol. The number of rotatable bonds is 3. The molecule has 0 aliphatic carbocycles. The van der Waals surface area contributed by atoms with Gasteiger partial charge in [-0.3, -0.25) is 0 Å². The van der Waals surface area contributed by atoms with Crippen molar-refractivity contribution in [3.8, 4) is 22.4 Å². The zero-order valence-corrected chi connectivity index (χ0v) is 17.1. The summed E-state index contributed by atoms with van der Waals surface area (Å²) in [6.07, 6.45) is 5.86. The van der Waals surface area contributed by atoms with Crippen molar-refractivity contribution >= 4 is 11.5 Å². The number of aromatic nitrogens is 3. The Morgan fingerprint density at radius 3 is 2.21 bits per heavy atom. The van der Waals surface area contributed by atoms with Crippen LogP contribution < -0.4 is 4.90 Å². The van der Waals surface area contributed by atoms with Gasteiger partial charge in [-0.15, -0.1) is 5.10 Å². The highest BCUT2D eigenvalue weighted by Gasteiger charge is 2.14. The fourth-order valence-electron chi connectivity index (χ4n) is 4.06. The lowest BCUT2D eigenvalue weighted by atomic mass is 9.99. The van der Waals surface area contributed by atoms with Crippen molar-refractivity contribution in [3.63, 3.8) is 0 Å². The summed E-state index contributed by atoms with van der Waals surface area (Å²) in [5.74, 6) is 1.05. The number of hydrogen-bond donors (Lipinski definition) is 0. The summed E-state index contributed by atoms with van der Waals surface area (Å²) in [5.41, 5.74) is 8.09. The van der Waals surface area contributed by atoms with Gasteiger partial charge in [0.1, 0.15) is 5.82 Å². The third-order valence-corrected chi connectivity index (χ3v) is 6.01. The van der Waals surface area contributed by atoms with E-state index in [4.69, 9.17) is 10.1 Å². The summed E-state index contributed by atoms with van der Waals surface area (Å²) in [6.45, 7) is 6.51. The smallest absolute Gasteiger partial charge is 0.154 e. The lowest BCUT2D eigenvalue weighted by Gasteiger charge is -2.27. The van der Waals surface area contributed by atoms with Gasteiger partial charge >= 0.3 is 0 Å². The van der Waals surface area contributed by atoms with Gasteiger partial charge in [0.15, 0.2) is 5.65 Å². The van der Waals surface area contributed by atoms with E-state index < -0.39 is 0 Å². The molecule has 1 fully saturated rings. The van der Waals surface area contributed by atoms with Gasteiger partial charge in [0.2, 0.25) is 0 Å². The Labute approximate surface area is 171 Å². The third-order valence-electron chi connectivity index (χ3n) is 6.01. The Morgan fingerprint density at radius 2 is 1.45 bits per heavy atom. The van der Waals surface area contributed by atoms with Crippen LogP contribution >= 0.6 is 0 Å². The normalized spacial score (nSPS) is 14.5. The van der Waals surface area contributed by atoms with Crippen molar-refractivity contribution in [2.24, 2.45) is 0 Å². The van der Waals surface area contributed by atoms with Gasteiger partial charge in [0, 0.05) is 18.7 Å². The molecule has 1 saturated heterocycles. The molecule has 0 saturated carbocycles. The zero-order valence-electron chi connectivity index (χ0n) is 17.1. The fourth-order valence-corrected chi connectivity index (χ4v) is 4.06. The van der Waals surface area contributed by atoms with Crippen LogP contribution in [0, 0.1) is 13.8 Å². The van der Waals surface area contributed by atoms with Gasteiger partial charge in [0.05, 0.1) is 11.9 Å². The summed E-state index contributed by atoms with van der Waals surface area (Å²) in [5, 5.41) is 4.81. The molecular formula is C25H26N4. The van der Waals surface area contributed by atoms with E-state index in [1.165, 1.54) is 41.5 Å². The molecule has 0 spiro atoms. The zero-order chi connectivity index (χ0) is 19.8. The SMILES string of the molecule is Cc1ccc(-c2ccc(-c3cn4nc(N5CCCCC5)ccc4n3)cc2)cc1C. The molecule has 29 heavy (non-hydrogen) atoms. The van der Waals surface area contributed by atoms with Crippen molar-refractivity contribution < 1.29 is 0 Å². The molecule has 4 nitrogen and oxygen atoms in total. The fraction of sp³-hybridized carbons (Fsp3) is 0.280. The topological polar surface area (TPSA) is 33.4 Å². The quantitative estimate of drug-likeness (QED) is 0.458. The maximum atomic E-state index is 4.81. The molecule has 2 aromatic carbocycles. The van der Waals surface area contributed by atoms with Crippen molar-refractivity contribution in [1.82, 2.24) is 14.6 Å². The molecule has 2 aromatic heterocycles. The van der Waals surface area contributed by atoms with E-state index in [-0.39, 0.29) is 0 Å². The van der Waals surface area contributed by atoms with E-state index in [1.54, 1.807) is 0 Å². The summed E-state index contributed by atoms with van der Waals surface area (Å²) < 4.78 is 1.91. The van der Waals surface area contributed by atoms with E-state index in [1.807, 2.05) is 10.7 Å². The number of nitrogens with zero attached hydrogens (tertiary/aromatic N) is 4. The Kier molecular flexibility index (Phi) is 4.55. The van der Waals surface area contributed by atoms with Crippen LogP contribution in [0.25, 0.3) is 28.0 Å². The average Bonchev–Trinajstić information content (AvgIpc) is 3.20. The van der Waals surface area contributed by atoms with Crippen LogP contribution in [0.2, 0.25) is 0 Å². The second-order valence-electron chi connectivity index (χ2n) is 8.04. The van der Waals surface area contributed by atoms with Crippen LogP contribution in [0.3, 0.4) is 0 Å². The molecule has 1 aliphatic heterocycles. The molecule has 0 radical (unpaired) electrons. The number of fused-ring (bicyclic) bond motifs is 1. The first-order chi connectivity index (χ1) is 14.2. The standard InChI is InChI=1S/C25H26N4/c1-18-6-7-22(16-19(18)2)20-8-10-21(11-9-20)23-17-29-24(26-23)12-13-25(27-29)28-14-4-3-5-15-28/h6-13,16-17H,3-5,14-15H2,1-2H3. The summed E-state index contributed by atoms with van der Waals surface area (Å²) >= 11 is 0. The number of piperidine rings is 1. The van der Waals surface area contributed by atoms with Crippen molar-refractivity contribution in [2.45, 2.75) is 33.1 Å². The van der Waals surface area contributed by atoms with Gasteiger partial charge < -0.3 is 4.90 Å². The second kappa shape index (κ2) is 7.36. The number of benzene rings is 2. The Hall–Kier alpha value is -3.14. The summed E-state index contributed by atoms with van der Waals surface area (Å²) in [4.78, 5) is 7.16. The lowest BCUT2D eigenvalue weighted by Crippen LogP contribution is -2.30. The second-order valence-corrected chi connectivity index (χ2v) is 8.04. The molecule has 5 rings (SSSR count). The van der Waals surface area contributed by atoms with E-state index in [9.17, 15) is 0 Å². The number of anilines is 1. The molecule has 0 amide bonds. The minimum absolute atomic E-state index is 0.888. The first kappa shape index (κ1) is 17.9. The van der Waals surface area contributed by atoms with Crippen LogP contribution in [-0.4, -0.2) is 27.7 Å². The maximum Gasteiger partial charge on any atom is 0.154 e. The van der Waals surface area contributed by atoms with Crippen LogP contribution in [-0.2, 0) is 0 Å². The van der Waals surface area contributed by atoms with E-state index in [0.29, 0.717) is 0 Å². The minimum atomic E-state index is 0.888. The maximum absolute atomic E-state index is 4.81. The molecule has 0 N–H and O–H groups in total. The first-order valence-corrected chi connectivity index (χ1v) is 10.5. The molecule has 0 unspecified atom stereocenters. The van der Waals surface area contributed by atoms with E-state index in [2.05, 4.69) is 73.3 Å². The molecule has 146 valence electrons. The molecule has 0 bridgehead atoms. The molecule has 4 heteroatoms. The highest BCUT2D eigenvalue weighted by Crippen LogP contribution is 2.26. The summed E-state index contributed by atoms with van der Waals surface area (Å²) in [7, 11) is 0. The van der Waals surface area contributed by atoms with Gasteiger partial charge in [-0.2, -0.15) is 0 Å². The number of hydrogen-bond acceptors (Lipinski definition) is 3. The van der Waals surface area contributed by atoms with Gasteiger partial charge in [-0.1, -0.05) is 42.5 Å². The van der Waals surface area contributed by atoms with Crippen molar-refractivity contribution in [2.75, 3.05) is 18.0 Å². The highest BCUT2D eigenvalue weighted by molar-refractivity contribution is 5.70. The minimum Gasteiger partial charge on any atom is -0.355 e. The lowest BCUT2D eigenvalue weighted by molar-refractivity contribution is 0.570. The van der Waals surface area contributed by atoms with Gasteiger partial charge in [-0.25, -0.2) is 9.50 Å². The number of imidazole rings is 1. The van der Waals surface area contributed by atoms with Crippen molar-refractivity contribution in [1.29, 1.82) is 0 Å². The molecule has 1 aliphatic rings. The molecule has 4 aromatic rings. The number of aryl methyl sites for hydroxylation is 2. The predicted octanol–water partition coefficient (Wildman–Crippen LogP) is 5.67.